The van der Waals surface area contributed by atoms with Gasteiger partial charge in [-0.25, -0.2) is 4.39 Å². The number of hydrogen-bond acceptors (Lipinski definition) is 2. The summed E-state index contributed by atoms with van der Waals surface area (Å²) >= 11 is 4.64. The Bertz CT molecular complexity index is 517. The highest BCUT2D eigenvalue weighted by Gasteiger charge is 2.34. The standard InChI is InChI=1S/C12H12F4N2OS/c13-9-4-3-7(6-8(9)12(14,15)16)11(19)18-5-1-2-10(17)20/h3-4,6H,1-2,5H2,(H2,17,20)(H,18,19). The second-order valence-electron chi connectivity index (χ2n) is 4.02. The van der Waals surface area contributed by atoms with Gasteiger partial charge in [-0.1, -0.05) is 12.2 Å². The molecule has 0 aliphatic heterocycles. The van der Waals surface area contributed by atoms with E-state index in [1.165, 1.54) is 0 Å². The van der Waals surface area contributed by atoms with Gasteiger partial charge in [0.15, 0.2) is 0 Å². The number of carbonyl (C=O) groups is 1. The molecular weight excluding hydrogens is 296 g/mol. The molecule has 1 aromatic rings. The van der Waals surface area contributed by atoms with E-state index >= 15 is 0 Å². The highest BCUT2D eigenvalue weighted by molar-refractivity contribution is 7.80. The molecule has 0 unspecified atom stereocenters. The summed E-state index contributed by atoms with van der Waals surface area (Å²) in [6.45, 7) is 0.217. The Balaban J connectivity index is 2.72. The van der Waals surface area contributed by atoms with Gasteiger partial charge in [0.2, 0.25) is 0 Å². The molecule has 0 radical (unpaired) electrons. The van der Waals surface area contributed by atoms with Crippen molar-refractivity contribution in [3.05, 3.63) is 35.1 Å². The Hall–Kier alpha value is -1.70. The van der Waals surface area contributed by atoms with E-state index in [1.54, 1.807) is 0 Å². The number of nitrogens with two attached hydrogens (primary N) is 1. The molecule has 110 valence electrons. The molecule has 20 heavy (non-hydrogen) atoms. The molecule has 3 nitrogen and oxygen atoms in total. The van der Waals surface area contributed by atoms with Crippen LogP contribution < -0.4 is 11.1 Å². The number of benzene rings is 1. The predicted molar refractivity (Wildman–Crippen MR) is 69.8 cm³/mol. The van der Waals surface area contributed by atoms with Gasteiger partial charge in [-0.2, -0.15) is 13.2 Å². The van der Waals surface area contributed by atoms with Gasteiger partial charge < -0.3 is 11.1 Å². The number of hydrogen-bond donors (Lipinski definition) is 2. The molecule has 0 bridgehead atoms. The number of nitrogens with one attached hydrogen (secondary N) is 1. The number of thiocarbonyl (C=S) groups is 1. The summed E-state index contributed by atoms with van der Waals surface area (Å²) in [5, 5.41) is 2.41. The Labute approximate surface area is 118 Å². The molecule has 1 rings (SSSR count). The van der Waals surface area contributed by atoms with Crippen molar-refractivity contribution in [2.45, 2.75) is 19.0 Å². The maximum Gasteiger partial charge on any atom is 0.419 e. The maximum atomic E-state index is 13.0. The van der Waals surface area contributed by atoms with Crippen LogP contribution in [0.3, 0.4) is 0 Å². The lowest BCUT2D eigenvalue weighted by Gasteiger charge is -2.10. The van der Waals surface area contributed by atoms with Crippen molar-refractivity contribution in [3.63, 3.8) is 0 Å². The molecule has 0 aliphatic carbocycles. The largest absolute Gasteiger partial charge is 0.419 e. The fourth-order valence-electron chi connectivity index (χ4n) is 1.45. The molecule has 0 fully saturated rings. The summed E-state index contributed by atoms with van der Waals surface area (Å²) in [7, 11) is 0. The summed E-state index contributed by atoms with van der Waals surface area (Å²) in [4.78, 5) is 11.9. The van der Waals surface area contributed by atoms with Gasteiger partial charge in [0.05, 0.1) is 10.6 Å². The van der Waals surface area contributed by atoms with E-state index in [1.807, 2.05) is 0 Å². The molecule has 8 heteroatoms. The maximum absolute atomic E-state index is 13.0. The van der Waals surface area contributed by atoms with E-state index in [0.717, 1.165) is 6.07 Å². The van der Waals surface area contributed by atoms with E-state index in [0.29, 0.717) is 30.0 Å². The lowest BCUT2D eigenvalue weighted by Crippen LogP contribution is -2.26. The van der Waals surface area contributed by atoms with Gasteiger partial charge in [-0.05, 0) is 31.0 Å². The van der Waals surface area contributed by atoms with Gasteiger partial charge in [0.25, 0.3) is 5.91 Å². The van der Waals surface area contributed by atoms with Crippen molar-refractivity contribution in [1.29, 1.82) is 0 Å². The van der Waals surface area contributed by atoms with Gasteiger partial charge in [0, 0.05) is 12.1 Å². The number of amides is 1. The predicted octanol–water partition coefficient (Wildman–Crippen LogP) is 2.64. The highest BCUT2D eigenvalue weighted by atomic mass is 32.1. The first-order valence-electron chi connectivity index (χ1n) is 5.65. The topological polar surface area (TPSA) is 55.1 Å². The van der Waals surface area contributed by atoms with Gasteiger partial charge in [0.1, 0.15) is 5.82 Å². The van der Waals surface area contributed by atoms with Crippen LogP contribution in [0, 0.1) is 5.82 Å². The van der Waals surface area contributed by atoms with E-state index < -0.39 is 23.5 Å². The van der Waals surface area contributed by atoms with Crippen molar-refractivity contribution in [2.24, 2.45) is 5.73 Å². The second kappa shape index (κ2) is 6.65. The zero-order chi connectivity index (χ0) is 15.3. The van der Waals surface area contributed by atoms with Crippen LogP contribution in [0.2, 0.25) is 0 Å². The number of rotatable bonds is 5. The molecule has 1 aromatic carbocycles. The van der Waals surface area contributed by atoms with Crippen LogP contribution in [0.4, 0.5) is 17.6 Å². The molecule has 0 spiro atoms. The quantitative estimate of drug-likeness (QED) is 0.499. The van der Waals surface area contributed by atoms with Gasteiger partial charge in [-0.3, -0.25) is 4.79 Å². The van der Waals surface area contributed by atoms with Crippen LogP contribution in [0.5, 0.6) is 0 Å². The van der Waals surface area contributed by atoms with Crippen LogP contribution in [-0.4, -0.2) is 17.4 Å². The monoisotopic (exact) mass is 308 g/mol. The van der Waals surface area contributed by atoms with Crippen LogP contribution in [-0.2, 0) is 6.18 Å². The van der Waals surface area contributed by atoms with Gasteiger partial charge >= 0.3 is 6.18 Å². The van der Waals surface area contributed by atoms with Crippen LogP contribution in [0.25, 0.3) is 0 Å². The minimum absolute atomic E-state index is 0.217. The Morgan fingerprint density at radius 1 is 1.35 bits per heavy atom. The van der Waals surface area contributed by atoms with E-state index in [9.17, 15) is 22.4 Å². The summed E-state index contributed by atoms with van der Waals surface area (Å²) < 4.78 is 50.5. The molecule has 0 heterocycles. The Kier molecular flexibility index (Phi) is 5.43. The van der Waals surface area contributed by atoms with E-state index in [2.05, 4.69) is 17.5 Å². The summed E-state index contributed by atoms with van der Waals surface area (Å²) in [6, 6.07) is 2.10. The summed E-state index contributed by atoms with van der Waals surface area (Å²) in [5.74, 6) is -2.12. The molecule has 0 aliphatic rings. The first-order valence-corrected chi connectivity index (χ1v) is 6.06. The van der Waals surface area contributed by atoms with Crippen molar-refractivity contribution in [3.8, 4) is 0 Å². The number of halogens is 4. The third kappa shape index (κ3) is 4.76. The number of carbonyl (C=O) groups excluding carboxylic acids is 1. The minimum Gasteiger partial charge on any atom is -0.393 e. The lowest BCUT2D eigenvalue weighted by molar-refractivity contribution is -0.140. The molecule has 0 saturated carbocycles. The van der Waals surface area contributed by atoms with Crippen LogP contribution >= 0.6 is 12.2 Å². The van der Waals surface area contributed by atoms with Crippen LogP contribution in [0.15, 0.2) is 18.2 Å². The van der Waals surface area contributed by atoms with Crippen LogP contribution in [0.1, 0.15) is 28.8 Å². The lowest BCUT2D eigenvalue weighted by atomic mass is 10.1. The molecule has 0 atom stereocenters. The Morgan fingerprint density at radius 2 is 2.00 bits per heavy atom. The molecule has 1 amide bonds. The normalized spacial score (nSPS) is 11.2. The number of alkyl halides is 3. The van der Waals surface area contributed by atoms with Gasteiger partial charge in [-0.15, -0.1) is 0 Å². The average Bonchev–Trinajstić information content (AvgIpc) is 2.33. The van der Waals surface area contributed by atoms with Crippen molar-refractivity contribution in [1.82, 2.24) is 5.32 Å². The summed E-state index contributed by atoms with van der Waals surface area (Å²) in [5.41, 5.74) is 3.54. The smallest absolute Gasteiger partial charge is 0.393 e. The van der Waals surface area contributed by atoms with E-state index in [-0.39, 0.29) is 12.1 Å². The second-order valence-corrected chi connectivity index (χ2v) is 4.54. The third-order valence-corrected chi connectivity index (χ3v) is 2.62. The molecule has 0 aromatic heterocycles. The Morgan fingerprint density at radius 3 is 2.55 bits per heavy atom. The SMILES string of the molecule is NC(=S)CCCNC(=O)c1ccc(F)c(C(F)(F)F)c1. The minimum atomic E-state index is -4.84. The third-order valence-electron chi connectivity index (χ3n) is 2.42. The fraction of sp³-hybridized carbons (Fsp3) is 0.333. The molecule has 0 saturated heterocycles. The first kappa shape index (κ1) is 16.4. The van der Waals surface area contributed by atoms with Crippen molar-refractivity contribution < 1.29 is 22.4 Å². The zero-order valence-electron chi connectivity index (χ0n) is 10.3. The van der Waals surface area contributed by atoms with E-state index in [4.69, 9.17) is 5.73 Å². The molecular formula is C12H12F4N2OS. The first-order chi connectivity index (χ1) is 9.21. The average molecular weight is 308 g/mol. The highest BCUT2D eigenvalue weighted by Crippen LogP contribution is 2.31. The van der Waals surface area contributed by atoms with Crippen molar-refractivity contribution in [2.75, 3.05) is 6.54 Å². The molecule has 3 N–H and O–H groups in total. The fourth-order valence-corrected chi connectivity index (χ4v) is 1.59. The van der Waals surface area contributed by atoms with Crippen molar-refractivity contribution >= 4 is 23.1 Å². The summed E-state index contributed by atoms with van der Waals surface area (Å²) in [6.07, 6.45) is -3.94. The zero-order valence-corrected chi connectivity index (χ0v) is 11.1.